The number of hydrogen-bond donors (Lipinski definition) is 2. The van der Waals surface area contributed by atoms with Crippen molar-refractivity contribution in [3.05, 3.63) is 17.5 Å². The molecular formula is C17H26N4O3. The van der Waals surface area contributed by atoms with E-state index in [2.05, 4.69) is 10.5 Å². The Hall–Kier alpha value is -1.89. The molecule has 0 atom stereocenters. The fraction of sp³-hybridized carbons (Fsp3) is 0.706. The highest BCUT2D eigenvalue weighted by Gasteiger charge is 2.32. The quantitative estimate of drug-likeness (QED) is 0.819. The molecule has 132 valence electrons. The number of nitrogens with zero attached hydrogens (tertiary/aromatic N) is 2. The van der Waals surface area contributed by atoms with Gasteiger partial charge in [0.15, 0.2) is 5.69 Å². The first-order valence-corrected chi connectivity index (χ1v) is 8.81. The van der Waals surface area contributed by atoms with Crippen LogP contribution >= 0.6 is 0 Å². The number of hydrogen-bond acceptors (Lipinski definition) is 5. The molecule has 3 rings (SSSR count). The smallest absolute Gasteiger partial charge is 0.276 e. The molecule has 2 saturated carbocycles. The van der Waals surface area contributed by atoms with Gasteiger partial charge in [-0.1, -0.05) is 5.16 Å². The largest absolute Gasteiger partial charge is 0.360 e. The van der Waals surface area contributed by atoms with E-state index in [-0.39, 0.29) is 23.9 Å². The summed E-state index contributed by atoms with van der Waals surface area (Å²) in [5.74, 6) is 1.22. The second kappa shape index (κ2) is 7.34. The molecule has 1 aromatic heterocycles. The number of nitrogens with one attached hydrogen (secondary N) is 1. The van der Waals surface area contributed by atoms with Gasteiger partial charge in [0, 0.05) is 44.1 Å². The summed E-state index contributed by atoms with van der Waals surface area (Å²) in [6, 6.07) is 2.16. The van der Waals surface area contributed by atoms with Crippen molar-refractivity contribution in [2.24, 2.45) is 5.73 Å². The first-order valence-electron chi connectivity index (χ1n) is 8.81. The number of carbonyl (C=O) groups is 2. The summed E-state index contributed by atoms with van der Waals surface area (Å²) in [4.78, 5) is 25.9. The standard InChI is InChI=1S/C17H26N4O3/c1-21(17(23)14-10-15(24-20-14)11-2-3-11)13-6-4-12(5-7-13)19-16(22)8-9-18/h10-13H,2-9,18H2,1H3,(H,19,22)/t12-,13+. The first kappa shape index (κ1) is 17.0. The van der Waals surface area contributed by atoms with Gasteiger partial charge in [-0.2, -0.15) is 0 Å². The molecule has 0 aliphatic heterocycles. The van der Waals surface area contributed by atoms with Crippen LogP contribution in [0.4, 0.5) is 0 Å². The summed E-state index contributed by atoms with van der Waals surface area (Å²) >= 11 is 0. The first-order chi connectivity index (χ1) is 11.6. The van der Waals surface area contributed by atoms with Gasteiger partial charge in [-0.15, -0.1) is 0 Å². The molecule has 7 nitrogen and oxygen atoms in total. The lowest BCUT2D eigenvalue weighted by Gasteiger charge is -2.34. The molecule has 2 aliphatic carbocycles. The molecule has 2 fully saturated rings. The average Bonchev–Trinajstić information content (AvgIpc) is 3.31. The van der Waals surface area contributed by atoms with Gasteiger partial charge in [-0.25, -0.2) is 0 Å². The van der Waals surface area contributed by atoms with Gasteiger partial charge in [0.25, 0.3) is 5.91 Å². The van der Waals surface area contributed by atoms with Crippen LogP contribution in [0.3, 0.4) is 0 Å². The van der Waals surface area contributed by atoms with E-state index in [0.29, 0.717) is 24.6 Å². The summed E-state index contributed by atoms with van der Waals surface area (Å²) in [6.45, 7) is 0.374. The minimum atomic E-state index is -0.0822. The predicted molar refractivity (Wildman–Crippen MR) is 88.4 cm³/mol. The Balaban J connectivity index is 1.49. The molecular weight excluding hydrogens is 308 g/mol. The monoisotopic (exact) mass is 334 g/mol. The fourth-order valence-corrected chi connectivity index (χ4v) is 3.34. The van der Waals surface area contributed by atoms with Gasteiger partial charge in [0.05, 0.1) is 0 Å². The lowest BCUT2D eigenvalue weighted by atomic mass is 9.90. The third-order valence-electron chi connectivity index (χ3n) is 5.03. The highest BCUT2D eigenvalue weighted by Crippen LogP contribution is 2.40. The van der Waals surface area contributed by atoms with E-state index in [0.717, 1.165) is 44.3 Å². The highest BCUT2D eigenvalue weighted by molar-refractivity contribution is 5.92. The molecule has 1 aromatic rings. The molecule has 2 aliphatic rings. The van der Waals surface area contributed by atoms with Crippen LogP contribution in [0.2, 0.25) is 0 Å². The van der Waals surface area contributed by atoms with E-state index < -0.39 is 0 Å². The maximum Gasteiger partial charge on any atom is 0.276 e. The average molecular weight is 334 g/mol. The minimum Gasteiger partial charge on any atom is -0.360 e. The number of rotatable bonds is 6. The van der Waals surface area contributed by atoms with Crippen molar-refractivity contribution < 1.29 is 14.1 Å². The highest BCUT2D eigenvalue weighted by atomic mass is 16.5. The summed E-state index contributed by atoms with van der Waals surface area (Å²) in [5.41, 5.74) is 5.79. The maximum absolute atomic E-state index is 12.6. The van der Waals surface area contributed by atoms with Gasteiger partial charge in [0.2, 0.25) is 5.91 Å². The van der Waals surface area contributed by atoms with E-state index in [1.165, 1.54) is 0 Å². The molecule has 0 radical (unpaired) electrons. The summed E-state index contributed by atoms with van der Waals surface area (Å²) in [5, 5.41) is 6.95. The SMILES string of the molecule is CN(C(=O)c1cc(C2CC2)on1)[C@H]1CC[C@@H](NC(=O)CCN)CC1. The lowest BCUT2D eigenvalue weighted by molar-refractivity contribution is -0.121. The van der Waals surface area contributed by atoms with E-state index in [9.17, 15) is 9.59 Å². The number of nitrogens with two attached hydrogens (primary N) is 1. The Bertz CT molecular complexity index is 588. The van der Waals surface area contributed by atoms with Crippen molar-refractivity contribution in [3.8, 4) is 0 Å². The number of amides is 2. The van der Waals surface area contributed by atoms with Crippen LogP contribution in [-0.2, 0) is 4.79 Å². The number of aromatic nitrogens is 1. The molecule has 0 unspecified atom stereocenters. The Morgan fingerprint density at radius 1 is 1.29 bits per heavy atom. The Morgan fingerprint density at radius 3 is 2.62 bits per heavy atom. The zero-order valence-electron chi connectivity index (χ0n) is 14.2. The van der Waals surface area contributed by atoms with E-state index in [1.54, 1.807) is 11.0 Å². The van der Waals surface area contributed by atoms with Gasteiger partial charge in [-0.05, 0) is 38.5 Å². The van der Waals surface area contributed by atoms with Crippen LogP contribution in [0.1, 0.15) is 67.1 Å². The summed E-state index contributed by atoms with van der Waals surface area (Å²) in [7, 11) is 1.83. The van der Waals surface area contributed by atoms with Crippen LogP contribution in [0.15, 0.2) is 10.6 Å². The van der Waals surface area contributed by atoms with Gasteiger partial charge in [-0.3, -0.25) is 9.59 Å². The second-order valence-electron chi connectivity index (χ2n) is 6.92. The van der Waals surface area contributed by atoms with Crippen LogP contribution < -0.4 is 11.1 Å². The van der Waals surface area contributed by atoms with Crippen LogP contribution in [-0.4, -0.2) is 47.5 Å². The topological polar surface area (TPSA) is 101 Å². The van der Waals surface area contributed by atoms with E-state index in [1.807, 2.05) is 7.05 Å². The van der Waals surface area contributed by atoms with Gasteiger partial charge < -0.3 is 20.5 Å². The van der Waals surface area contributed by atoms with E-state index in [4.69, 9.17) is 10.3 Å². The molecule has 3 N–H and O–H groups in total. The van der Waals surface area contributed by atoms with Crippen molar-refractivity contribution in [3.63, 3.8) is 0 Å². The summed E-state index contributed by atoms with van der Waals surface area (Å²) in [6.07, 6.45) is 6.13. The minimum absolute atomic E-state index is 0.0144. The van der Waals surface area contributed by atoms with Crippen molar-refractivity contribution in [1.29, 1.82) is 0 Å². The molecule has 0 saturated heterocycles. The lowest BCUT2D eigenvalue weighted by Crippen LogP contribution is -2.44. The Morgan fingerprint density at radius 2 is 2.00 bits per heavy atom. The second-order valence-corrected chi connectivity index (χ2v) is 6.92. The zero-order valence-corrected chi connectivity index (χ0v) is 14.2. The summed E-state index contributed by atoms with van der Waals surface area (Å²) < 4.78 is 5.28. The zero-order chi connectivity index (χ0) is 17.1. The van der Waals surface area contributed by atoms with Crippen molar-refractivity contribution >= 4 is 11.8 Å². The third-order valence-corrected chi connectivity index (χ3v) is 5.03. The number of carbonyl (C=O) groups excluding carboxylic acids is 2. The molecule has 24 heavy (non-hydrogen) atoms. The van der Waals surface area contributed by atoms with Crippen LogP contribution in [0.5, 0.6) is 0 Å². The van der Waals surface area contributed by atoms with Gasteiger partial charge >= 0.3 is 0 Å². The maximum atomic E-state index is 12.6. The predicted octanol–water partition coefficient (Wildman–Crippen LogP) is 1.40. The van der Waals surface area contributed by atoms with Crippen molar-refractivity contribution in [2.45, 2.75) is 62.9 Å². The molecule has 0 aromatic carbocycles. The molecule has 7 heteroatoms. The van der Waals surface area contributed by atoms with E-state index >= 15 is 0 Å². The molecule has 1 heterocycles. The van der Waals surface area contributed by atoms with Crippen molar-refractivity contribution in [1.82, 2.24) is 15.4 Å². The Kier molecular flexibility index (Phi) is 5.18. The third kappa shape index (κ3) is 3.95. The normalized spacial score (nSPS) is 23.8. The van der Waals surface area contributed by atoms with Crippen LogP contribution in [0.25, 0.3) is 0 Å². The fourth-order valence-electron chi connectivity index (χ4n) is 3.34. The molecule has 0 spiro atoms. The van der Waals surface area contributed by atoms with Crippen molar-refractivity contribution in [2.75, 3.05) is 13.6 Å². The Labute approximate surface area is 141 Å². The molecule has 0 bridgehead atoms. The van der Waals surface area contributed by atoms with Crippen LogP contribution in [0, 0.1) is 0 Å². The molecule has 2 amide bonds. The van der Waals surface area contributed by atoms with Gasteiger partial charge in [0.1, 0.15) is 5.76 Å².